The topological polar surface area (TPSA) is 18.5 Å². The highest BCUT2D eigenvalue weighted by Crippen LogP contribution is 2.42. The van der Waals surface area contributed by atoms with Gasteiger partial charge in [0.15, 0.2) is 0 Å². The van der Waals surface area contributed by atoms with Crippen LogP contribution in [0, 0.1) is 0 Å². The van der Waals surface area contributed by atoms with Crippen LogP contribution in [0.2, 0.25) is 10.0 Å². The molecule has 116 valence electrons. The second kappa shape index (κ2) is 6.66. The summed E-state index contributed by atoms with van der Waals surface area (Å²) < 4.78 is 12.3. The van der Waals surface area contributed by atoms with Gasteiger partial charge in [0.25, 0.3) is 0 Å². The van der Waals surface area contributed by atoms with Gasteiger partial charge in [-0.15, -0.1) is 0 Å². The van der Waals surface area contributed by atoms with Crippen molar-refractivity contribution in [1.29, 1.82) is 0 Å². The molecule has 1 aliphatic heterocycles. The first kappa shape index (κ1) is 15.9. The quantitative estimate of drug-likeness (QED) is 0.607. The molecule has 1 aromatic rings. The fourth-order valence-corrected chi connectivity index (χ4v) is 4.46. The molecule has 1 aromatic carbocycles. The maximum absolute atomic E-state index is 6.32. The third-order valence-electron chi connectivity index (χ3n) is 4.48. The van der Waals surface area contributed by atoms with Crippen molar-refractivity contribution in [2.75, 3.05) is 6.61 Å². The highest BCUT2D eigenvalue weighted by atomic mass is 79.9. The molecule has 3 rings (SSSR count). The van der Waals surface area contributed by atoms with Crippen LogP contribution in [0.5, 0.6) is 5.75 Å². The summed E-state index contributed by atoms with van der Waals surface area (Å²) in [5.74, 6) is 0.762. The van der Waals surface area contributed by atoms with E-state index in [2.05, 4.69) is 15.9 Å². The fraction of sp³-hybridized carbons (Fsp3) is 0.625. The lowest BCUT2D eigenvalue weighted by molar-refractivity contribution is -0.108. The van der Waals surface area contributed by atoms with Crippen molar-refractivity contribution < 1.29 is 9.47 Å². The number of benzene rings is 1. The van der Waals surface area contributed by atoms with Gasteiger partial charge < -0.3 is 9.47 Å². The van der Waals surface area contributed by atoms with E-state index in [1.54, 1.807) is 6.07 Å². The van der Waals surface area contributed by atoms with Crippen molar-refractivity contribution >= 4 is 39.1 Å². The molecule has 21 heavy (non-hydrogen) atoms. The summed E-state index contributed by atoms with van der Waals surface area (Å²) in [5, 5.41) is 1.90. The van der Waals surface area contributed by atoms with Crippen LogP contribution < -0.4 is 4.74 Å². The van der Waals surface area contributed by atoms with Gasteiger partial charge in [-0.3, -0.25) is 0 Å². The molecule has 1 saturated heterocycles. The maximum Gasteiger partial charge on any atom is 0.142 e. The van der Waals surface area contributed by atoms with E-state index in [9.17, 15) is 0 Å². The highest BCUT2D eigenvalue weighted by Gasteiger charge is 2.40. The second-order valence-corrected chi connectivity index (χ2v) is 7.39. The van der Waals surface area contributed by atoms with Gasteiger partial charge in [0.2, 0.25) is 0 Å². The molecule has 0 bridgehead atoms. The molecule has 0 amide bonds. The van der Waals surface area contributed by atoms with E-state index in [1.165, 1.54) is 12.8 Å². The smallest absolute Gasteiger partial charge is 0.142 e. The van der Waals surface area contributed by atoms with E-state index >= 15 is 0 Å². The Morgan fingerprint density at radius 2 is 2.05 bits per heavy atom. The number of hydrogen-bond donors (Lipinski definition) is 0. The minimum Gasteiger partial charge on any atom is -0.488 e. The van der Waals surface area contributed by atoms with Gasteiger partial charge in [0.05, 0.1) is 17.2 Å². The number of rotatable bonds is 3. The third-order valence-corrected chi connectivity index (χ3v) is 5.58. The van der Waals surface area contributed by atoms with Crippen molar-refractivity contribution in [1.82, 2.24) is 0 Å². The zero-order valence-corrected chi connectivity index (χ0v) is 14.9. The molecule has 1 spiro atoms. The molecule has 1 aliphatic carbocycles. The first-order chi connectivity index (χ1) is 10.1. The van der Waals surface area contributed by atoms with Crippen LogP contribution in [0.15, 0.2) is 12.1 Å². The number of ether oxygens (including phenoxy) is 2. The minimum atomic E-state index is 0.0520. The van der Waals surface area contributed by atoms with Crippen LogP contribution in [0.1, 0.15) is 44.1 Å². The summed E-state index contributed by atoms with van der Waals surface area (Å²) in [5.41, 5.74) is 1.05. The molecule has 0 N–H and O–H groups in total. The first-order valence-electron chi connectivity index (χ1n) is 7.46. The molecule has 2 fully saturated rings. The number of halogens is 3. The summed E-state index contributed by atoms with van der Waals surface area (Å²) in [6.07, 6.45) is 6.91. The summed E-state index contributed by atoms with van der Waals surface area (Å²) in [7, 11) is 0. The summed E-state index contributed by atoms with van der Waals surface area (Å²) >= 11 is 15.9. The van der Waals surface area contributed by atoms with Gasteiger partial charge >= 0.3 is 0 Å². The predicted octanol–water partition coefficient (Wildman–Crippen LogP) is 5.76. The van der Waals surface area contributed by atoms with Crippen LogP contribution >= 0.6 is 39.1 Å². The van der Waals surface area contributed by atoms with E-state index in [1.807, 2.05) is 6.07 Å². The SMILES string of the molecule is Clc1cc(Cl)c(OC2CCOC3(CCCC3)C2)c(CBr)c1. The fourth-order valence-electron chi connectivity index (χ4n) is 3.46. The van der Waals surface area contributed by atoms with E-state index in [0.29, 0.717) is 15.4 Å². The van der Waals surface area contributed by atoms with Gasteiger partial charge in [-0.05, 0) is 25.0 Å². The van der Waals surface area contributed by atoms with E-state index in [0.717, 1.165) is 43.6 Å². The second-order valence-electron chi connectivity index (χ2n) is 5.98. The van der Waals surface area contributed by atoms with Gasteiger partial charge in [-0.2, -0.15) is 0 Å². The summed E-state index contributed by atoms with van der Waals surface area (Å²) in [6, 6.07) is 3.65. The van der Waals surface area contributed by atoms with Crippen LogP contribution in [-0.4, -0.2) is 18.3 Å². The lowest BCUT2D eigenvalue weighted by atomic mass is 9.90. The molecule has 1 unspecified atom stereocenters. The molecule has 2 aliphatic rings. The average molecular weight is 394 g/mol. The van der Waals surface area contributed by atoms with Crippen molar-refractivity contribution in [3.05, 3.63) is 27.7 Å². The Labute approximate surface area is 144 Å². The van der Waals surface area contributed by atoms with E-state index in [4.69, 9.17) is 32.7 Å². The first-order valence-corrected chi connectivity index (χ1v) is 9.34. The molecule has 2 nitrogen and oxygen atoms in total. The van der Waals surface area contributed by atoms with Crippen molar-refractivity contribution in [2.45, 2.75) is 55.6 Å². The monoisotopic (exact) mass is 392 g/mol. The van der Waals surface area contributed by atoms with Gasteiger partial charge in [0.1, 0.15) is 11.9 Å². The van der Waals surface area contributed by atoms with Gasteiger partial charge in [-0.1, -0.05) is 52.0 Å². The zero-order valence-electron chi connectivity index (χ0n) is 11.8. The Hall–Kier alpha value is 0.0400. The van der Waals surface area contributed by atoms with Gasteiger partial charge in [-0.25, -0.2) is 0 Å². The molecule has 0 aromatic heterocycles. The minimum absolute atomic E-state index is 0.0520. The normalized spacial score (nSPS) is 24.4. The van der Waals surface area contributed by atoms with Crippen LogP contribution in [0.4, 0.5) is 0 Å². The molecule has 1 saturated carbocycles. The van der Waals surface area contributed by atoms with Crippen LogP contribution in [-0.2, 0) is 10.1 Å². The van der Waals surface area contributed by atoms with Gasteiger partial charge in [0, 0.05) is 28.8 Å². The lowest BCUT2D eigenvalue weighted by Gasteiger charge is -2.38. The Kier molecular flexibility index (Phi) is 5.04. The Bertz CT molecular complexity index is 515. The molecular formula is C16H19BrCl2O2. The van der Waals surface area contributed by atoms with Crippen LogP contribution in [0.3, 0.4) is 0 Å². The number of alkyl halides is 1. The van der Waals surface area contributed by atoms with Crippen LogP contribution in [0.25, 0.3) is 0 Å². The largest absolute Gasteiger partial charge is 0.488 e. The van der Waals surface area contributed by atoms with Crippen molar-refractivity contribution in [2.24, 2.45) is 0 Å². The predicted molar refractivity (Wildman–Crippen MR) is 89.9 cm³/mol. The molecule has 1 atom stereocenters. The molecule has 0 radical (unpaired) electrons. The zero-order chi connectivity index (χ0) is 14.9. The summed E-state index contributed by atoms with van der Waals surface area (Å²) in [6.45, 7) is 0.777. The third kappa shape index (κ3) is 3.52. The standard InChI is InChI=1S/C16H19BrCl2O2/c17-10-11-7-12(18)8-14(19)15(11)21-13-3-6-20-16(9-13)4-1-2-5-16/h7-8,13H,1-6,9-10H2. The number of hydrogen-bond acceptors (Lipinski definition) is 2. The van der Waals surface area contributed by atoms with Crippen molar-refractivity contribution in [3.8, 4) is 5.75 Å². The lowest BCUT2D eigenvalue weighted by Crippen LogP contribution is -2.41. The van der Waals surface area contributed by atoms with E-state index < -0.39 is 0 Å². The Balaban J connectivity index is 1.77. The maximum atomic E-state index is 6.32. The van der Waals surface area contributed by atoms with Crippen molar-refractivity contribution in [3.63, 3.8) is 0 Å². The average Bonchev–Trinajstić information content (AvgIpc) is 2.89. The Morgan fingerprint density at radius 1 is 1.29 bits per heavy atom. The summed E-state index contributed by atoms with van der Waals surface area (Å²) in [4.78, 5) is 0. The van der Waals surface area contributed by atoms with E-state index in [-0.39, 0.29) is 11.7 Å². The molecule has 5 heteroatoms. The molecule has 1 heterocycles. The Morgan fingerprint density at radius 3 is 2.76 bits per heavy atom. The molecular weight excluding hydrogens is 375 g/mol. The highest BCUT2D eigenvalue weighted by molar-refractivity contribution is 9.08.